The van der Waals surface area contributed by atoms with Crippen molar-refractivity contribution < 1.29 is 19.8 Å². The highest BCUT2D eigenvalue weighted by atomic mass is 16.3. The molecule has 6 heteroatoms. The fourth-order valence-electron chi connectivity index (χ4n) is 3.41. The second-order valence-electron chi connectivity index (χ2n) is 7.46. The average Bonchev–Trinajstić information content (AvgIpc) is 2.84. The van der Waals surface area contributed by atoms with E-state index in [1.165, 1.54) is 0 Å². The number of nitrogens with one attached hydrogen (secondary N) is 1. The zero-order chi connectivity index (χ0) is 16.5. The molecule has 2 rings (SSSR count). The quantitative estimate of drug-likeness (QED) is 0.680. The topological polar surface area (TPSA) is 89.9 Å². The second kappa shape index (κ2) is 6.16. The lowest BCUT2D eigenvalue weighted by Crippen LogP contribution is -2.51. The number of rotatable bonds is 5. The summed E-state index contributed by atoms with van der Waals surface area (Å²) in [5.74, 6) is -0.654. The zero-order valence-corrected chi connectivity index (χ0v) is 13.8. The molecule has 22 heavy (non-hydrogen) atoms. The summed E-state index contributed by atoms with van der Waals surface area (Å²) in [5, 5.41) is 22.1. The Bertz CT molecular complexity index is 445. The van der Waals surface area contributed by atoms with Gasteiger partial charge < -0.3 is 20.4 Å². The molecule has 1 spiro atoms. The van der Waals surface area contributed by atoms with Gasteiger partial charge in [0, 0.05) is 18.5 Å². The molecule has 3 N–H and O–H groups in total. The van der Waals surface area contributed by atoms with Crippen molar-refractivity contribution in [3.63, 3.8) is 0 Å². The number of likely N-dealkylation sites (tertiary alicyclic amines) is 1. The summed E-state index contributed by atoms with van der Waals surface area (Å²) in [4.78, 5) is 25.8. The summed E-state index contributed by atoms with van der Waals surface area (Å²) < 4.78 is 0. The van der Waals surface area contributed by atoms with Gasteiger partial charge in [0.2, 0.25) is 5.91 Å². The van der Waals surface area contributed by atoms with E-state index in [2.05, 4.69) is 5.32 Å². The third kappa shape index (κ3) is 2.99. The number of amides is 2. The molecule has 2 unspecified atom stereocenters. The van der Waals surface area contributed by atoms with Crippen LogP contribution in [0.5, 0.6) is 0 Å². The molecule has 2 fully saturated rings. The van der Waals surface area contributed by atoms with Gasteiger partial charge in [-0.05, 0) is 24.7 Å². The number of hydrogen-bond donors (Lipinski definition) is 3. The minimum absolute atomic E-state index is 0.0728. The van der Waals surface area contributed by atoms with Gasteiger partial charge in [-0.3, -0.25) is 9.59 Å². The molecule has 1 aliphatic heterocycles. The molecule has 1 aliphatic carbocycles. The molecule has 126 valence electrons. The zero-order valence-electron chi connectivity index (χ0n) is 13.8. The number of carbonyl (C=O) groups is 2. The Morgan fingerprint density at radius 2 is 2.05 bits per heavy atom. The predicted octanol–water partition coefficient (Wildman–Crippen LogP) is 0.273. The Balaban J connectivity index is 2.08. The maximum Gasteiger partial charge on any atom is 0.252 e. The maximum absolute atomic E-state index is 12.6. The van der Waals surface area contributed by atoms with Gasteiger partial charge >= 0.3 is 0 Å². The van der Waals surface area contributed by atoms with Crippen molar-refractivity contribution in [1.82, 2.24) is 10.2 Å². The van der Waals surface area contributed by atoms with E-state index in [0.717, 1.165) is 19.3 Å². The first-order valence-electron chi connectivity index (χ1n) is 8.13. The normalized spacial score (nSPS) is 25.0. The van der Waals surface area contributed by atoms with Crippen LogP contribution in [-0.2, 0) is 9.59 Å². The van der Waals surface area contributed by atoms with Gasteiger partial charge in [-0.2, -0.15) is 0 Å². The predicted molar refractivity (Wildman–Crippen MR) is 82.0 cm³/mol. The van der Waals surface area contributed by atoms with Crippen LogP contribution in [0.4, 0.5) is 0 Å². The number of nitrogens with zero attached hydrogens (tertiary/aromatic N) is 1. The summed E-state index contributed by atoms with van der Waals surface area (Å²) in [6, 6.07) is -0.123. The molecule has 0 aromatic heterocycles. The number of aliphatic hydroxyl groups excluding tert-OH is 2. The van der Waals surface area contributed by atoms with Gasteiger partial charge in [-0.25, -0.2) is 0 Å². The van der Waals surface area contributed by atoms with Crippen LogP contribution in [0.25, 0.3) is 0 Å². The van der Waals surface area contributed by atoms with E-state index in [9.17, 15) is 14.7 Å². The van der Waals surface area contributed by atoms with Crippen LogP contribution < -0.4 is 5.32 Å². The van der Waals surface area contributed by atoms with Crippen LogP contribution in [-0.4, -0.2) is 58.8 Å². The first-order chi connectivity index (χ1) is 10.3. The minimum Gasteiger partial charge on any atom is -0.387 e. The van der Waals surface area contributed by atoms with Gasteiger partial charge in [0.25, 0.3) is 5.91 Å². The summed E-state index contributed by atoms with van der Waals surface area (Å²) in [6.07, 6.45) is 2.72. The monoisotopic (exact) mass is 312 g/mol. The maximum atomic E-state index is 12.6. The van der Waals surface area contributed by atoms with Crippen LogP contribution in [0, 0.1) is 10.8 Å². The van der Waals surface area contributed by atoms with Crippen molar-refractivity contribution in [2.75, 3.05) is 19.7 Å². The standard InChI is InChI=1S/C16H28N2O4/c1-4-15(2,3)13(21)14(22)18-8-11(17-12(20)9-19)16(10-18)6-5-7-16/h11,13,19,21H,4-10H2,1-3H3,(H,17,20). The Hall–Kier alpha value is -1.14. The SMILES string of the molecule is CCC(C)(C)C(O)C(=O)N1CC(NC(=O)CO)C2(CCC2)C1. The first-order valence-corrected chi connectivity index (χ1v) is 8.13. The van der Waals surface area contributed by atoms with Crippen LogP contribution in [0.2, 0.25) is 0 Å². The van der Waals surface area contributed by atoms with Crippen molar-refractivity contribution in [3.05, 3.63) is 0 Å². The molecule has 2 aliphatic rings. The molecule has 0 aromatic rings. The highest BCUT2D eigenvalue weighted by molar-refractivity contribution is 5.82. The summed E-state index contributed by atoms with van der Waals surface area (Å²) in [5.41, 5.74) is -0.535. The highest BCUT2D eigenvalue weighted by Crippen LogP contribution is 2.48. The largest absolute Gasteiger partial charge is 0.387 e. The Morgan fingerprint density at radius 1 is 1.41 bits per heavy atom. The van der Waals surface area contributed by atoms with Gasteiger partial charge in [0.15, 0.2) is 0 Å². The van der Waals surface area contributed by atoms with E-state index in [1.54, 1.807) is 4.90 Å². The lowest BCUT2D eigenvalue weighted by Gasteiger charge is -2.42. The summed E-state index contributed by atoms with van der Waals surface area (Å²) >= 11 is 0. The fraction of sp³-hybridized carbons (Fsp3) is 0.875. The molecule has 0 bridgehead atoms. The molecule has 0 aromatic carbocycles. The van der Waals surface area contributed by atoms with E-state index in [4.69, 9.17) is 5.11 Å². The van der Waals surface area contributed by atoms with Crippen molar-refractivity contribution in [1.29, 1.82) is 0 Å². The van der Waals surface area contributed by atoms with Gasteiger partial charge in [0.05, 0.1) is 6.04 Å². The summed E-state index contributed by atoms with van der Waals surface area (Å²) in [7, 11) is 0. The molecule has 6 nitrogen and oxygen atoms in total. The average molecular weight is 312 g/mol. The van der Waals surface area contributed by atoms with E-state index < -0.39 is 24.0 Å². The molecular formula is C16H28N2O4. The molecule has 2 amide bonds. The van der Waals surface area contributed by atoms with Gasteiger partial charge in [-0.1, -0.05) is 27.2 Å². The van der Waals surface area contributed by atoms with E-state index in [1.807, 2.05) is 20.8 Å². The minimum atomic E-state index is -1.03. The van der Waals surface area contributed by atoms with Crippen molar-refractivity contribution in [2.24, 2.45) is 10.8 Å². The molecule has 0 radical (unpaired) electrons. The third-order valence-corrected chi connectivity index (χ3v) is 5.67. The van der Waals surface area contributed by atoms with Crippen LogP contribution in [0.1, 0.15) is 46.5 Å². The molecule has 1 saturated heterocycles. The van der Waals surface area contributed by atoms with E-state index in [-0.39, 0.29) is 17.4 Å². The second-order valence-corrected chi connectivity index (χ2v) is 7.46. The highest BCUT2D eigenvalue weighted by Gasteiger charge is 2.53. The lowest BCUT2D eigenvalue weighted by molar-refractivity contribution is -0.146. The molecular weight excluding hydrogens is 284 g/mol. The molecule has 1 saturated carbocycles. The van der Waals surface area contributed by atoms with Crippen molar-refractivity contribution >= 4 is 11.8 Å². The Labute approximate surface area is 131 Å². The van der Waals surface area contributed by atoms with E-state index in [0.29, 0.717) is 19.5 Å². The van der Waals surface area contributed by atoms with Crippen molar-refractivity contribution in [3.8, 4) is 0 Å². The van der Waals surface area contributed by atoms with Crippen LogP contribution >= 0.6 is 0 Å². The number of hydrogen-bond acceptors (Lipinski definition) is 4. The fourth-order valence-corrected chi connectivity index (χ4v) is 3.41. The number of aliphatic hydroxyl groups is 2. The smallest absolute Gasteiger partial charge is 0.252 e. The number of carbonyl (C=O) groups excluding carboxylic acids is 2. The van der Waals surface area contributed by atoms with Crippen molar-refractivity contribution in [2.45, 2.75) is 58.6 Å². The van der Waals surface area contributed by atoms with Crippen LogP contribution in [0.15, 0.2) is 0 Å². The third-order valence-electron chi connectivity index (χ3n) is 5.67. The van der Waals surface area contributed by atoms with E-state index >= 15 is 0 Å². The first kappa shape index (κ1) is 17.2. The Kier molecular flexibility index (Phi) is 4.82. The van der Waals surface area contributed by atoms with Gasteiger partial charge in [-0.15, -0.1) is 0 Å². The molecule has 2 atom stereocenters. The van der Waals surface area contributed by atoms with Crippen LogP contribution in [0.3, 0.4) is 0 Å². The Morgan fingerprint density at radius 3 is 2.50 bits per heavy atom. The summed E-state index contributed by atoms with van der Waals surface area (Å²) in [6.45, 7) is 6.19. The van der Waals surface area contributed by atoms with Gasteiger partial charge in [0.1, 0.15) is 12.7 Å². The lowest BCUT2D eigenvalue weighted by atomic mass is 9.65. The molecule has 1 heterocycles.